The number of piperazine rings is 1. The van der Waals surface area contributed by atoms with Gasteiger partial charge in [0.05, 0.1) is 5.69 Å². The first-order chi connectivity index (χ1) is 18.0. The molecule has 3 heterocycles. The zero-order chi connectivity index (χ0) is 25.6. The molecule has 0 unspecified atom stereocenters. The van der Waals surface area contributed by atoms with Crippen molar-refractivity contribution in [2.24, 2.45) is 0 Å². The Balaban J connectivity index is 1.10. The van der Waals surface area contributed by atoms with Gasteiger partial charge in [0, 0.05) is 50.6 Å². The lowest BCUT2D eigenvalue weighted by molar-refractivity contribution is -0.132. The van der Waals surface area contributed by atoms with Crippen molar-refractivity contribution < 1.29 is 14.3 Å². The first kappa shape index (κ1) is 24.6. The number of imidazole rings is 1. The van der Waals surface area contributed by atoms with Gasteiger partial charge in [-0.05, 0) is 55.2 Å². The minimum atomic E-state index is -0.0372. The van der Waals surface area contributed by atoms with E-state index in [1.807, 2.05) is 82.0 Å². The quantitative estimate of drug-likeness (QED) is 0.360. The summed E-state index contributed by atoms with van der Waals surface area (Å²) in [5, 5.41) is 0. The van der Waals surface area contributed by atoms with Crippen LogP contribution in [-0.4, -0.2) is 57.2 Å². The minimum absolute atomic E-state index is 0.0372. The molecule has 2 aromatic carbocycles. The third-order valence-electron chi connectivity index (χ3n) is 6.74. The lowest BCUT2D eigenvalue weighted by Gasteiger charge is -2.35. The highest BCUT2D eigenvalue weighted by Gasteiger charge is 2.24. The number of hydrogen-bond donors (Lipinski definition) is 0. The fourth-order valence-corrected chi connectivity index (χ4v) is 4.69. The van der Waals surface area contributed by atoms with E-state index in [-0.39, 0.29) is 11.8 Å². The van der Waals surface area contributed by atoms with Crippen LogP contribution in [0.15, 0.2) is 79.1 Å². The Hall–Kier alpha value is -4.13. The van der Waals surface area contributed by atoms with Crippen molar-refractivity contribution in [2.75, 3.05) is 26.2 Å². The van der Waals surface area contributed by atoms with Crippen LogP contribution in [0.3, 0.4) is 0 Å². The number of fused-ring (bicyclic) bond motifs is 1. The summed E-state index contributed by atoms with van der Waals surface area (Å²) in [5.41, 5.74) is 4.71. The van der Waals surface area contributed by atoms with E-state index in [1.54, 1.807) is 6.07 Å². The molecule has 1 saturated heterocycles. The van der Waals surface area contributed by atoms with Crippen LogP contribution in [0.2, 0.25) is 0 Å². The smallest absolute Gasteiger partial charge is 0.254 e. The van der Waals surface area contributed by atoms with Crippen molar-refractivity contribution in [1.82, 2.24) is 19.2 Å². The fourth-order valence-electron chi connectivity index (χ4n) is 4.69. The number of hydrogen-bond acceptors (Lipinski definition) is 4. The van der Waals surface area contributed by atoms with Crippen LogP contribution in [0.5, 0.6) is 5.75 Å². The predicted molar refractivity (Wildman–Crippen MR) is 143 cm³/mol. The van der Waals surface area contributed by atoms with Crippen molar-refractivity contribution >= 4 is 17.5 Å². The van der Waals surface area contributed by atoms with E-state index in [2.05, 4.69) is 17.1 Å². The number of nitrogens with zero attached hydrogens (tertiary/aromatic N) is 4. The molecule has 2 aromatic heterocycles. The molecule has 0 atom stereocenters. The van der Waals surface area contributed by atoms with Gasteiger partial charge in [-0.2, -0.15) is 0 Å². The molecule has 0 saturated carbocycles. The van der Waals surface area contributed by atoms with Gasteiger partial charge in [0.15, 0.2) is 0 Å². The van der Waals surface area contributed by atoms with Gasteiger partial charge in [0.1, 0.15) is 18.0 Å². The molecular weight excluding hydrogens is 464 g/mol. The SMILES string of the molecule is Cc1ccc2nc(COc3cccc(C(=O)N4CCN(C(=O)CCCc5ccccc5)CC4)c3)cn2c1. The van der Waals surface area contributed by atoms with Gasteiger partial charge in [0.2, 0.25) is 5.91 Å². The molecule has 2 amide bonds. The first-order valence-corrected chi connectivity index (χ1v) is 12.8. The van der Waals surface area contributed by atoms with Gasteiger partial charge >= 0.3 is 0 Å². The number of ether oxygens (including phenoxy) is 1. The van der Waals surface area contributed by atoms with Gasteiger partial charge in [-0.3, -0.25) is 9.59 Å². The summed E-state index contributed by atoms with van der Waals surface area (Å²) in [5.74, 6) is 0.761. The van der Waals surface area contributed by atoms with Crippen LogP contribution in [-0.2, 0) is 17.8 Å². The van der Waals surface area contributed by atoms with Crippen molar-refractivity contribution in [2.45, 2.75) is 32.8 Å². The number of aryl methyl sites for hydroxylation is 2. The Morgan fingerprint density at radius 1 is 0.892 bits per heavy atom. The largest absolute Gasteiger partial charge is 0.487 e. The summed E-state index contributed by atoms with van der Waals surface area (Å²) in [6, 6.07) is 21.5. The van der Waals surface area contributed by atoms with E-state index < -0.39 is 0 Å². The third kappa shape index (κ3) is 6.17. The summed E-state index contributed by atoms with van der Waals surface area (Å²) in [7, 11) is 0. The van der Waals surface area contributed by atoms with E-state index in [4.69, 9.17) is 4.74 Å². The van der Waals surface area contributed by atoms with Gasteiger partial charge in [0.25, 0.3) is 5.91 Å². The van der Waals surface area contributed by atoms with Crippen LogP contribution in [0.25, 0.3) is 5.65 Å². The average Bonchev–Trinajstić information content (AvgIpc) is 3.34. The van der Waals surface area contributed by atoms with Crippen LogP contribution in [0.4, 0.5) is 0 Å². The van der Waals surface area contributed by atoms with Crippen LogP contribution >= 0.6 is 0 Å². The highest BCUT2D eigenvalue weighted by atomic mass is 16.5. The average molecular weight is 497 g/mol. The molecule has 5 rings (SSSR count). The van der Waals surface area contributed by atoms with E-state index in [0.717, 1.165) is 29.7 Å². The zero-order valence-electron chi connectivity index (χ0n) is 21.2. The van der Waals surface area contributed by atoms with Crippen LogP contribution < -0.4 is 4.74 Å². The van der Waals surface area contributed by atoms with E-state index in [9.17, 15) is 9.59 Å². The van der Waals surface area contributed by atoms with Gasteiger partial charge < -0.3 is 18.9 Å². The predicted octanol–water partition coefficient (Wildman–Crippen LogP) is 4.53. The second-order valence-corrected chi connectivity index (χ2v) is 9.53. The number of amides is 2. The number of aromatic nitrogens is 2. The summed E-state index contributed by atoms with van der Waals surface area (Å²) in [6.45, 7) is 4.58. The second kappa shape index (κ2) is 11.3. The second-order valence-electron chi connectivity index (χ2n) is 9.53. The van der Waals surface area contributed by atoms with Gasteiger partial charge in [-0.15, -0.1) is 0 Å². The molecule has 1 aliphatic rings. The lowest BCUT2D eigenvalue weighted by Crippen LogP contribution is -2.50. The maximum atomic E-state index is 13.1. The molecular formula is C30H32N4O3. The maximum absolute atomic E-state index is 13.1. The monoisotopic (exact) mass is 496 g/mol. The molecule has 7 heteroatoms. The Kier molecular flexibility index (Phi) is 7.49. The molecule has 4 aromatic rings. The molecule has 1 aliphatic heterocycles. The number of pyridine rings is 1. The van der Waals surface area contributed by atoms with Gasteiger partial charge in [-0.25, -0.2) is 4.98 Å². The molecule has 0 radical (unpaired) electrons. The molecule has 0 aliphatic carbocycles. The van der Waals surface area contributed by atoms with Crippen molar-refractivity contribution in [3.63, 3.8) is 0 Å². The Labute approximate surface area is 217 Å². The van der Waals surface area contributed by atoms with E-state index in [0.29, 0.717) is 50.5 Å². The van der Waals surface area contributed by atoms with Crippen LogP contribution in [0, 0.1) is 6.92 Å². The molecule has 0 spiro atoms. The third-order valence-corrected chi connectivity index (χ3v) is 6.74. The standard InChI is InChI=1S/C30H32N4O3/c1-23-13-14-28-31-26(21-34(28)20-23)22-37-27-11-6-10-25(19-27)30(36)33-17-15-32(16-18-33)29(35)12-5-9-24-7-3-2-4-8-24/h2-4,6-8,10-11,13-14,19-21H,5,9,12,15-18,22H2,1H3. The van der Waals surface area contributed by atoms with Crippen molar-refractivity contribution in [1.29, 1.82) is 0 Å². The number of benzene rings is 2. The molecule has 7 nitrogen and oxygen atoms in total. The van der Waals surface area contributed by atoms with E-state index in [1.165, 1.54) is 5.56 Å². The maximum Gasteiger partial charge on any atom is 0.254 e. The molecule has 0 N–H and O–H groups in total. The summed E-state index contributed by atoms with van der Waals surface area (Å²) >= 11 is 0. The zero-order valence-corrected chi connectivity index (χ0v) is 21.2. The molecule has 1 fully saturated rings. The lowest BCUT2D eigenvalue weighted by atomic mass is 10.1. The first-order valence-electron chi connectivity index (χ1n) is 12.8. The minimum Gasteiger partial charge on any atom is -0.487 e. The highest BCUT2D eigenvalue weighted by molar-refractivity contribution is 5.94. The topological polar surface area (TPSA) is 67.2 Å². The fraction of sp³-hybridized carbons (Fsp3) is 0.300. The number of carbonyl (C=O) groups excluding carboxylic acids is 2. The normalized spacial score (nSPS) is 13.6. The molecule has 37 heavy (non-hydrogen) atoms. The molecule has 190 valence electrons. The van der Waals surface area contributed by atoms with E-state index >= 15 is 0 Å². The Morgan fingerprint density at radius 3 is 2.49 bits per heavy atom. The van der Waals surface area contributed by atoms with Crippen LogP contribution in [0.1, 0.15) is 40.0 Å². The number of carbonyl (C=O) groups is 2. The Bertz CT molecular complexity index is 1370. The van der Waals surface area contributed by atoms with Crippen molar-refractivity contribution in [3.05, 3.63) is 102 Å². The van der Waals surface area contributed by atoms with Crippen molar-refractivity contribution in [3.8, 4) is 5.75 Å². The summed E-state index contributed by atoms with van der Waals surface area (Å²) in [4.78, 5) is 34.1. The Morgan fingerprint density at radius 2 is 1.68 bits per heavy atom. The number of rotatable bonds is 8. The summed E-state index contributed by atoms with van der Waals surface area (Å²) in [6.07, 6.45) is 6.26. The summed E-state index contributed by atoms with van der Waals surface area (Å²) < 4.78 is 7.94. The van der Waals surface area contributed by atoms with Gasteiger partial charge in [-0.1, -0.05) is 42.5 Å². The highest BCUT2D eigenvalue weighted by Crippen LogP contribution is 2.18. The molecule has 0 bridgehead atoms.